The maximum Gasteiger partial charge on any atom is 0.330 e. The maximum absolute atomic E-state index is 12.7. The third-order valence-electron chi connectivity index (χ3n) is 8.80. The molecule has 1 aromatic rings. The number of hydrogen-bond acceptors (Lipinski definition) is 14. The van der Waals surface area contributed by atoms with E-state index in [1.54, 1.807) is 0 Å². The van der Waals surface area contributed by atoms with Gasteiger partial charge in [-0.15, -0.1) is 0 Å². The average Bonchev–Trinajstić information content (AvgIpc) is 3.35. The van der Waals surface area contributed by atoms with Gasteiger partial charge in [-0.1, -0.05) is 0 Å². The van der Waals surface area contributed by atoms with Crippen molar-refractivity contribution in [3.05, 3.63) is 32.6 Å². The number of aryl methyl sites for hydroxylation is 1. The number of carbonyl (C=O) groups is 1. The van der Waals surface area contributed by atoms with E-state index in [0.29, 0.717) is 31.4 Å². The Hall–Kier alpha value is -2.29. The lowest BCUT2D eigenvalue weighted by molar-refractivity contribution is -0.199. The number of aromatic nitrogens is 2. The van der Waals surface area contributed by atoms with Crippen LogP contribution in [0, 0.1) is 12.8 Å². The predicted octanol–water partition coefficient (Wildman–Crippen LogP) is -5.84. The summed E-state index contributed by atoms with van der Waals surface area (Å²) in [7, 11) is 0. The summed E-state index contributed by atoms with van der Waals surface area (Å²) in [5.41, 5.74) is 23.6. The number of unbranched alkanes of at least 4 members (excludes halogenated alkanes) is 1. The van der Waals surface area contributed by atoms with Gasteiger partial charge in [-0.2, -0.15) is 0 Å². The normalized spacial score (nSPS) is 40.0. The van der Waals surface area contributed by atoms with Crippen LogP contribution in [0.2, 0.25) is 0 Å². The first-order valence-electron chi connectivity index (χ1n) is 14.7. The molecule has 17 heteroatoms. The van der Waals surface area contributed by atoms with Crippen molar-refractivity contribution in [1.29, 1.82) is 0 Å². The van der Waals surface area contributed by atoms with Gasteiger partial charge in [0.2, 0.25) is 0 Å². The zero-order valence-electron chi connectivity index (χ0n) is 24.1. The van der Waals surface area contributed by atoms with Crippen molar-refractivity contribution < 1.29 is 34.7 Å². The molecule has 0 aromatic carbocycles. The van der Waals surface area contributed by atoms with Crippen LogP contribution in [0.5, 0.6) is 0 Å². The lowest BCUT2D eigenvalue weighted by atomic mass is 9.70. The van der Waals surface area contributed by atoms with Crippen molar-refractivity contribution in [1.82, 2.24) is 20.2 Å². The minimum Gasteiger partial charge on any atom is -0.390 e. The zero-order chi connectivity index (χ0) is 31.6. The molecule has 0 radical (unpaired) electrons. The van der Waals surface area contributed by atoms with E-state index >= 15 is 0 Å². The van der Waals surface area contributed by atoms with Crippen molar-refractivity contribution in [2.75, 3.05) is 19.6 Å². The highest BCUT2D eigenvalue weighted by Crippen LogP contribution is 2.34. The minimum atomic E-state index is -1.28. The van der Waals surface area contributed by atoms with Crippen molar-refractivity contribution in [3.8, 4) is 0 Å². The van der Waals surface area contributed by atoms with E-state index in [-0.39, 0.29) is 19.5 Å². The lowest BCUT2D eigenvalue weighted by Crippen LogP contribution is -2.72. The monoisotopic (exact) mass is 614 g/mol. The predicted molar refractivity (Wildman–Crippen MR) is 152 cm³/mol. The molecule has 13 atom stereocenters. The van der Waals surface area contributed by atoms with Crippen molar-refractivity contribution in [3.63, 3.8) is 0 Å². The van der Waals surface area contributed by atoms with Crippen LogP contribution in [0.3, 0.4) is 0 Å². The summed E-state index contributed by atoms with van der Waals surface area (Å²) in [6.07, 6.45) is -5.63. The molecule has 2 aliphatic heterocycles. The molecule has 1 amide bonds. The van der Waals surface area contributed by atoms with Gasteiger partial charge in [0.1, 0.15) is 18.4 Å². The van der Waals surface area contributed by atoms with Gasteiger partial charge >= 0.3 is 5.69 Å². The second kappa shape index (κ2) is 14.2. The molecule has 1 aromatic heterocycles. The van der Waals surface area contributed by atoms with E-state index in [4.69, 9.17) is 32.4 Å². The summed E-state index contributed by atoms with van der Waals surface area (Å²) in [6.45, 7) is 2.18. The molecule has 17 nitrogen and oxygen atoms in total. The van der Waals surface area contributed by atoms with Crippen molar-refractivity contribution in [2.45, 2.75) is 106 Å². The van der Waals surface area contributed by atoms with Gasteiger partial charge in [-0.05, 0) is 32.7 Å². The van der Waals surface area contributed by atoms with Crippen LogP contribution in [0.25, 0.3) is 0 Å². The Morgan fingerprint density at radius 1 is 1.02 bits per heavy atom. The molecule has 1 aliphatic carbocycles. The first-order chi connectivity index (χ1) is 20.3. The number of rotatable bonds is 10. The molecule has 3 fully saturated rings. The SMILES string of the molecule is Cc1cn([C@H]2C[C@H](O)[C@@H](C(=O)NCCCCN[C@H]3[C@@H](O)[C@H](N)C[C@H](N)[C@H]3[C@H]3O[C@H](CN)[C@@H](O)[C@H](O)[C@H]3N)O2)c(=O)[nH]c1=O. The topological polar surface area (TPSA) is 299 Å². The standard InChI is InChI=1S/C26H46N8O9/c1-10-9-34(26(41)33-24(10)39)15-7-13(35)22(43-15)25(40)32-5-3-2-4-31-18-16(11(28)6-12(29)19(18)36)23-17(30)21(38)20(37)14(8-27)42-23/h9,11-23,31,35-38H,2-8,27-30H2,1H3,(H,32,40)(H,33,39,41)/t11-,12+,13-,14+,15+,16+,17+,18+,19-,20+,21+,22-,23+/m0/s1. The molecule has 15 N–H and O–H groups in total. The van der Waals surface area contributed by atoms with Gasteiger partial charge in [-0.25, -0.2) is 4.79 Å². The Labute approximate surface area is 247 Å². The van der Waals surface area contributed by atoms with Crippen LogP contribution < -0.4 is 44.8 Å². The number of aliphatic hydroxyl groups excluding tert-OH is 4. The summed E-state index contributed by atoms with van der Waals surface area (Å²) in [4.78, 5) is 38.7. The van der Waals surface area contributed by atoms with Crippen LogP contribution >= 0.6 is 0 Å². The van der Waals surface area contributed by atoms with Crippen LogP contribution in [-0.4, -0.2) is 122 Å². The molecule has 4 rings (SSSR count). The molecular formula is C26H46N8O9. The Bertz CT molecular complexity index is 1210. The number of hydrogen-bond donors (Lipinski definition) is 11. The van der Waals surface area contributed by atoms with E-state index in [9.17, 15) is 34.8 Å². The quantitative estimate of drug-likeness (QED) is 0.109. The van der Waals surface area contributed by atoms with E-state index in [2.05, 4.69) is 15.6 Å². The number of nitrogens with zero attached hydrogens (tertiary/aromatic N) is 1. The molecule has 2 saturated heterocycles. The summed E-state index contributed by atoms with van der Waals surface area (Å²) < 4.78 is 12.8. The number of aliphatic hydroxyl groups is 4. The summed E-state index contributed by atoms with van der Waals surface area (Å²) in [6, 6.07) is -2.69. The molecule has 0 bridgehead atoms. The van der Waals surface area contributed by atoms with Crippen LogP contribution in [0.4, 0.5) is 0 Å². The fraction of sp³-hybridized carbons (Fsp3) is 0.808. The maximum atomic E-state index is 12.7. The summed E-state index contributed by atoms with van der Waals surface area (Å²) in [5, 5.41) is 48.1. The highest BCUT2D eigenvalue weighted by molar-refractivity contribution is 5.81. The van der Waals surface area contributed by atoms with E-state index in [0.717, 1.165) is 4.57 Å². The lowest BCUT2D eigenvalue weighted by Gasteiger charge is -2.51. The molecule has 3 aliphatic rings. The van der Waals surface area contributed by atoms with Crippen LogP contribution in [0.1, 0.15) is 37.5 Å². The van der Waals surface area contributed by atoms with E-state index in [1.165, 1.54) is 13.1 Å². The van der Waals surface area contributed by atoms with Gasteiger partial charge in [0, 0.05) is 55.3 Å². The van der Waals surface area contributed by atoms with Gasteiger partial charge in [0.05, 0.1) is 30.5 Å². The smallest absolute Gasteiger partial charge is 0.330 e. The molecule has 3 heterocycles. The van der Waals surface area contributed by atoms with Gasteiger partial charge < -0.3 is 63.5 Å². The molecule has 1 saturated carbocycles. The number of H-pyrrole nitrogens is 1. The Morgan fingerprint density at radius 2 is 1.72 bits per heavy atom. The van der Waals surface area contributed by atoms with Crippen LogP contribution in [-0.2, 0) is 14.3 Å². The van der Waals surface area contributed by atoms with Crippen molar-refractivity contribution in [2.24, 2.45) is 28.9 Å². The fourth-order valence-corrected chi connectivity index (χ4v) is 6.33. The summed E-state index contributed by atoms with van der Waals surface area (Å²) in [5.74, 6) is -1.07. The molecule has 244 valence electrons. The first kappa shape index (κ1) is 33.6. The Kier molecular flexibility index (Phi) is 11.1. The number of nitrogens with two attached hydrogens (primary N) is 4. The second-order valence-corrected chi connectivity index (χ2v) is 11.8. The summed E-state index contributed by atoms with van der Waals surface area (Å²) >= 11 is 0. The fourth-order valence-electron chi connectivity index (χ4n) is 6.33. The highest BCUT2D eigenvalue weighted by atomic mass is 16.5. The number of aromatic amines is 1. The third kappa shape index (κ3) is 7.18. The van der Waals surface area contributed by atoms with E-state index in [1.807, 2.05) is 0 Å². The third-order valence-corrected chi connectivity index (χ3v) is 8.80. The molecule has 0 spiro atoms. The second-order valence-electron chi connectivity index (χ2n) is 11.8. The highest BCUT2D eigenvalue weighted by Gasteiger charge is 2.52. The van der Waals surface area contributed by atoms with E-state index < -0.39 is 96.2 Å². The molecular weight excluding hydrogens is 568 g/mol. The largest absolute Gasteiger partial charge is 0.390 e. The number of carbonyl (C=O) groups excluding carboxylic acids is 1. The Balaban J connectivity index is 1.28. The van der Waals surface area contributed by atoms with Gasteiger partial charge in [0.25, 0.3) is 11.5 Å². The average molecular weight is 615 g/mol. The first-order valence-corrected chi connectivity index (χ1v) is 14.7. The molecule has 0 unspecified atom stereocenters. The Morgan fingerprint density at radius 3 is 2.42 bits per heavy atom. The number of nitrogens with one attached hydrogen (secondary N) is 3. The van der Waals surface area contributed by atoms with Gasteiger partial charge in [0.15, 0.2) is 6.10 Å². The zero-order valence-corrected chi connectivity index (χ0v) is 24.1. The minimum absolute atomic E-state index is 0.00106. The number of amides is 1. The van der Waals surface area contributed by atoms with Crippen molar-refractivity contribution >= 4 is 5.91 Å². The molecule has 43 heavy (non-hydrogen) atoms. The van der Waals surface area contributed by atoms with Crippen LogP contribution in [0.15, 0.2) is 15.8 Å². The van der Waals surface area contributed by atoms with Gasteiger partial charge in [-0.3, -0.25) is 19.1 Å². The number of ether oxygens (including phenoxy) is 2.